The van der Waals surface area contributed by atoms with E-state index in [1.165, 1.54) is 12.8 Å². The van der Waals surface area contributed by atoms with E-state index in [1.807, 2.05) is 13.0 Å². The summed E-state index contributed by atoms with van der Waals surface area (Å²) in [7, 11) is 0. The molecule has 1 aromatic rings. The van der Waals surface area contributed by atoms with Gasteiger partial charge < -0.3 is 15.7 Å². The third-order valence-electron chi connectivity index (χ3n) is 3.09. The van der Waals surface area contributed by atoms with Crippen LogP contribution in [0.4, 0.5) is 5.82 Å². The monoisotopic (exact) mass is 236 g/mol. The summed E-state index contributed by atoms with van der Waals surface area (Å²) >= 11 is 0. The highest BCUT2D eigenvalue weighted by Crippen LogP contribution is 2.21. The van der Waals surface area contributed by atoms with E-state index in [1.54, 1.807) is 0 Å². The van der Waals surface area contributed by atoms with E-state index in [2.05, 4.69) is 14.9 Å². The Balaban J connectivity index is 2.30. The van der Waals surface area contributed by atoms with Gasteiger partial charge in [0, 0.05) is 32.1 Å². The Hall–Kier alpha value is -1.20. The summed E-state index contributed by atoms with van der Waals surface area (Å²) in [5, 5.41) is 9.78. The molecule has 0 amide bonds. The number of hydrogen-bond acceptors (Lipinski definition) is 5. The van der Waals surface area contributed by atoms with Crippen LogP contribution in [0.2, 0.25) is 0 Å². The van der Waals surface area contributed by atoms with E-state index >= 15 is 0 Å². The second kappa shape index (κ2) is 5.42. The van der Waals surface area contributed by atoms with E-state index in [4.69, 9.17) is 5.73 Å². The second-order valence-electron chi connectivity index (χ2n) is 4.37. The number of aliphatic hydroxyl groups is 1. The standard InChI is InChI=1S/C12H20N4O/c1-2-11-14-9(10(17)8-13)7-12(15-11)16-5-3-4-6-16/h7,10,17H,2-6,8,13H2,1H3. The number of aromatic nitrogens is 2. The lowest BCUT2D eigenvalue weighted by Gasteiger charge is -2.19. The van der Waals surface area contributed by atoms with Gasteiger partial charge in [0.2, 0.25) is 0 Å². The van der Waals surface area contributed by atoms with Gasteiger partial charge in [0.05, 0.1) is 5.69 Å². The fourth-order valence-corrected chi connectivity index (χ4v) is 2.06. The van der Waals surface area contributed by atoms with Gasteiger partial charge in [0.25, 0.3) is 0 Å². The number of aryl methyl sites for hydroxylation is 1. The average Bonchev–Trinajstić information content (AvgIpc) is 2.91. The van der Waals surface area contributed by atoms with Gasteiger partial charge in [-0.25, -0.2) is 9.97 Å². The van der Waals surface area contributed by atoms with Crippen LogP contribution in [0.1, 0.15) is 37.4 Å². The lowest BCUT2D eigenvalue weighted by atomic mass is 10.2. The van der Waals surface area contributed by atoms with Gasteiger partial charge in [0.1, 0.15) is 17.7 Å². The Kier molecular flexibility index (Phi) is 3.91. The van der Waals surface area contributed by atoms with Gasteiger partial charge in [-0.05, 0) is 12.8 Å². The molecular weight excluding hydrogens is 216 g/mol. The summed E-state index contributed by atoms with van der Waals surface area (Å²) in [5.41, 5.74) is 6.12. The summed E-state index contributed by atoms with van der Waals surface area (Å²) < 4.78 is 0. The molecule has 1 saturated heterocycles. The minimum Gasteiger partial charge on any atom is -0.385 e. The molecule has 0 aliphatic carbocycles. The first-order valence-electron chi connectivity index (χ1n) is 6.25. The van der Waals surface area contributed by atoms with Crippen LogP contribution in [0, 0.1) is 0 Å². The maximum Gasteiger partial charge on any atom is 0.132 e. The van der Waals surface area contributed by atoms with Crippen molar-refractivity contribution in [3.63, 3.8) is 0 Å². The number of anilines is 1. The normalized spacial score (nSPS) is 17.5. The van der Waals surface area contributed by atoms with Gasteiger partial charge >= 0.3 is 0 Å². The summed E-state index contributed by atoms with van der Waals surface area (Å²) in [6.07, 6.45) is 2.50. The minimum atomic E-state index is -0.690. The largest absolute Gasteiger partial charge is 0.385 e. The van der Waals surface area contributed by atoms with E-state index in [9.17, 15) is 5.11 Å². The number of aliphatic hydroxyl groups excluding tert-OH is 1. The van der Waals surface area contributed by atoms with Crippen molar-refractivity contribution in [1.82, 2.24) is 9.97 Å². The molecular formula is C12H20N4O. The topological polar surface area (TPSA) is 75.3 Å². The van der Waals surface area contributed by atoms with Crippen molar-refractivity contribution in [3.8, 4) is 0 Å². The zero-order chi connectivity index (χ0) is 12.3. The molecule has 1 aromatic heterocycles. The molecule has 0 aromatic carbocycles. The van der Waals surface area contributed by atoms with Crippen molar-refractivity contribution in [3.05, 3.63) is 17.6 Å². The third kappa shape index (κ3) is 2.73. The van der Waals surface area contributed by atoms with Crippen molar-refractivity contribution < 1.29 is 5.11 Å². The van der Waals surface area contributed by atoms with Crippen LogP contribution in [-0.4, -0.2) is 34.7 Å². The molecule has 2 rings (SSSR count). The molecule has 0 spiro atoms. The van der Waals surface area contributed by atoms with Gasteiger partial charge in [-0.3, -0.25) is 0 Å². The van der Waals surface area contributed by atoms with Gasteiger partial charge in [-0.15, -0.1) is 0 Å². The molecule has 2 heterocycles. The van der Waals surface area contributed by atoms with Crippen LogP contribution in [0.5, 0.6) is 0 Å². The summed E-state index contributed by atoms with van der Waals surface area (Å²) in [5.74, 6) is 1.70. The SMILES string of the molecule is CCc1nc(C(O)CN)cc(N2CCCC2)n1. The molecule has 5 heteroatoms. The Labute approximate surface area is 102 Å². The van der Waals surface area contributed by atoms with Crippen molar-refractivity contribution in [2.24, 2.45) is 5.73 Å². The first kappa shape index (κ1) is 12.3. The van der Waals surface area contributed by atoms with Gasteiger partial charge in [0.15, 0.2) is 0 Å². The highest BCUT2D eigenvalue weighted by molar-refractivity contribution is 5.41. The number of nitrogens with zero attached hydrogens (tertiary/aromatic N) is 3. The third-order valence-corrected chi connectivity index (χ3v) is 3.09. The zero-order valence-corrected chi connectivity index (χ0v) is 10.3. The molecule has 1 unspecified atom stereocenters. The predicted molar refractivity (Wildman–Crippen MR) is 66.9 cm³/mol. The van der Waals surface area contributed by atoms with Crippen LogP contribution in [0.3, 0.4) is 0 Å². The van der Waals surface area contributed by atoms with Gasteiger partial charge in [-0.2, -0.15) is 0 Å². The molecule has 3 N–H and O–H groups in total. The summed E-state index contributed by atoms with van der Waals surface area (Å²) in [4.78, 5) is 11.1. The fraction of sp³-hybridized carbons (Fsp3) is 0.667. The summed E-state index contributed by atoms with van der Waals surface area (Å²) in [6.45, 7) is 4.29. The molecule has 1 aliphatic heterocycles. The molecule has 0 saturated carbocycles. The zero-order valence-electron chi connectivity index (χ0n) is 10.3. The maximum absolute atomic E-state index is 9.78. The lowest BCUT2D eigenvalue weighted by molar-refractivity contribution is 0.181. The van der Waals surface area contributed by atoms with Crippen LogP contribution >= 0.6 is 0 Å². The molecule has 0 radical (unpaired) electrons. The molecule has 5 nitrogen and oxygen atoms in total. The Morgan fingerprint density at radius 1 is 1.41 bits per heavy atom. The van der Waals surface area contributed by atoms with Crippen LogP contribution < -0.4 is 10.6 Å². The van der Waals surface area contributed by atoms with Crippen LogP contribution in [0.15, 0.2) is 6.07 Å². The predicted octanol–water partition coefficient (Wildman–Crippen LogP) is 0.631. The number of nitrogens with two attached hydrogens (primary N) is 1. The Morgan fingerprint density at radius 3 is 2.71 bits per heavy atom. The molecule has 1 aliphatic rings. The number of hydrogen-bond donors (Lipinski definition) is 2. The lowest BCUT2D eigenvalue weighted by Crippen LogP contribution is -2.22. The Morgan fingerprint density at radius 2 is 2.12 bits per heavy atom. The average molecular weight is 236 g/mol. The molecule has 1 fully saturated rings. The quantitative estimate of drug-likeness (QED) is 0.802. The van der Waals surface area contributed by atoms with E-state index < -0.39 is 6.10 Å². The van der Waals surface area contributed by atoms with E-state index in [-0.39, 0.29) is 6.54 Å². The molecule has 0 bridgehead atoms. The molecule has 1 atom stereocenters. The van der Waals surface area contributed by atoms with Crippen LogP contribution in [0.25, 0.3) is 0 Å². The smallest absolute Gasteiger partial charge is 0.132 e. The van der Waals surface area contributed by atoms with Crippen molar-refractivity contribution >= 4 is 5.82 Å². The van der Waals surface area contributed by atoms with Crippen LogP contribution in [-0.2, 0) is 6.42 Å². The second-order valence-corrected chi connectivity index (χ2v) is 4.37. The first-order chi connectivity index (χ1) is 8.24. The Bertz CT molecular complexity index is 377. The maximum atomic E-state index is 9.78. The summed E-state index contributed by atoms with van der Waals surface area (Å²) in [6, 6.07) is 1.86. The first-order valence-corrected chi connectivity index (χ1v) is 6.25. The highest BCUT2D eigenvalue weighted by atomic mass is 16.3. The fourth-order valence-electron chi connectivity index (χ4n) is 2.06. The van der Waals surface area contributed by atoms with E-state index in [0.717, 1.165) is 31.2 Å². The molecule has 94 valence electrons. The van der Waals surface area contributed by atoms with Gasteiger partial charge in [-0.1, -0.05) is 6.92 Å². The van der Waals surface area contributed by atoms with Crippen molar-refractivity contribution in [2.75, 3.05) is 24.5 Å². The van der Waals surface area contributed by atoms with Crippen molar-refractivity contribution in [2.45, 2.75) is 32.3 Å². The van der Waals surface area contributed by atoms with E-state index in [0.29, 0.717) is 5.69 Å². The van der Waals surface area contributed by atoms with Crippen molar-refractivity contribution in [1.29, 1.82) is 0 Å². The highest BCUT2D eigenvalue weighted by Gasteiger charge is 2.17. The minimum absolute atomic E-state index is 0.194. The molecule has 17 heavy (non-hydrogen) atoms. The number of rotatable bonds is 4.